The number of aryl methyl sites for hydroxylation is 1. The predicted molar refractivity (Wildman–Crippen MR) is 76.6 cm³/mol. The lowest BCUT2D eigenvalue weighted by molar-refractivity contribution is 0.429. The minimum absolute atomic E-state index is 0.395. The molecule has 2 aromatic heterocycles. The van der Waals surface area contributed by atoms with Crippen LogP contribution >= 0.6 is 15.9 Å². The summed E-state index contributed by atoms with van der Waals surface area (Å²) in [6, 6.07) is 11.5. The van der Waals surface area contributed by atoms with Crippen LogP contribution in [0.25, 0.3) is 23.0 Å². The summed E-state index contributed by atoms with van der Waals surface area (Å²) in [5.74, 6) is 0.916. The third-order valence-corrected chi connectivity index (χ3v) is 3.41. The highest BCUT2D eigenvalue weighted by molar-refractivity contribution is 9.10. The van der Waals surface area contributed by atoms with Crippen LogP contribution in [-0.2, 0) is 7.05 Å². The molecule has 0 N–H and O–H groups in total. The van der Waals surface area contributed by atoms with Gasteiger partial charge in [-0.25, -0.2) is 0 Å². The van der Waals surface area contributed by atoms with Gasteiger partial charge >= 0.3 is 0 Å². The van der Waals surface area contributed by atoms with Crippen LogP contribution in [0, 0.1) is 11.3 Å². The van der Waals surface area contributed by atoms with Crippen molar-refractivity contribution in [2.24, 2.45) is 7.05 Å². The van der Waals surface area contributed by atoms with Crippen molar-refractivity contribution >= 4 is 15.9 Å². The quantitative estimate of drug-likeness (QED) is 0.723. The average Bonchev–Trinajstić information content (AvgIpc) is 3.06. The van der Waals surface area contributed by atoms with Gasteiger partial charge in [0, 0.05) is 23.3 Å². The molecular weight excluding hydrogens is 320 g/mol. The lowest BCUT2D eigenvalue weighted by Gasteiger charge is -1.95. The molecule has 0 saturated heterocycles. The second-order valence-electron chi connectivity index (χ2n) is 4.27. The van der Waals surface area contributed by atoms with Crippen LogP contribution in [0.5, 0.6) is 0 Å². The van der Waals surface area contributed by atoms with E-state index in [1.165, 1.54) is 0 Å². The third-order valence-electron chi connectivity index (χ3n) is 2.88. The second kappa shape index (κ2) is 4.94. The molecule has 0 aliphatic rings. The molecule has 20 heavy (non-hydrogen) atoms. The van der Waals surface area contributed by atoms with E-state index in [1.807, 2.05) is 31.3 Å². The highest BCUT2D eigenvalue weighted by Crippen LogP contribution is 2.24. The summed E-state index contributed by atoms with van der Waals surface area (Å²) in [6.45, 7) is 0. The first kappa shape index (κ1) is 12.6. The highest BCUT2D eigenvalue weighted by Gasteiger charge is 2.14. The Kier molecular flexibility index (Phi) is 3.12. The van der Waals surface area contributed by atoms with Crippen molar-refractivity contribution < 1.29 is 4.52 Å². The van der Waals surface area contributed by atoms with Crippen molar-refractivity contribution in [3.8, 4) is 29.0 Å². The molecule has 0 aliphatic carbocycles. The maximum Gasteiger partial charge on any atom is 0.274 e. The van der Waals surface area contributed by atoms with Crippen molar-refractivity contribution in [1.82, 2.24) is 14.7 Å². The first-order valence-electron chi connectivity index (χ1n) is 5.84. The third kappa shape index (κ3) is 2.24. The van der Waals surface area contributed by atoms with Crippen LogP contribution in [-0.4, -0.2) is 14.7 Å². The Labute approximate surface area is 123 Å². The Hall–Kier alpha value is -2.39. The summed E-state index contributed by atoms with van der Waals surface area (Å²) < 4.78 is 8.05. The average molecular weight is 329 g/mol. The monoisotopic (exact) mass is 328 g/mol. The second-order valence-corrected chi connectivity index (χ2v) is 5.18. The number of hydrogen-bond donors (Lipinski definition) is 0. The molecular formula is C14H9BrN4O. The van der Waals surface area contributed by atoms with E-state index < -0.39 is 0 Å². The van der Waals surface area contributed by atoms with Crippen LogP contribution in [0.3, 0.4) is 0 Å². The zero-order valence-electron chi connectivity index (χ0n) is 10.5. The summed E-state index contributed by atoms with van der Waals surface area (Å²) in [6.07, 6.45) is 1.72. The van der Waals surface area contributed by atoms with Crippen LogP contribution in [0.1, 0.15) is 5.56 Å². The summed E-state index contributed by atoms with van der Waals surface area (Å²) in [5.41, 5.74) is 2.15. The van der Waals surface area contributed by atoms with E-state index in [1.54, 1.807) is 16.8 Å². The molecule has 0 bridgehead atoms. The minimum Gasteiger partial charge on any atom is -0.345 e. The molecule has 0 aliphatic heterocycles. The number of aromatic nitrogens is 3. The number of nitrogens with zero attached hydrogens (tertiary/aromatic N) is 4. The van der Waals surface area contributed by atoms with Crippen molar-refractivity contribution in [1.29, 1.82) is 5.26 Å². The van der Waals surface area contributed by atoms with Crippen molar-refractivity contribution in [3.05, 3.63) is 46.6 Å². The van der Waals surface area contributed by atoms with Gasteiger partial charge in [0.2, 0.25) is 5.82 Å². The predicted octanol–water partition coefficient (Wildman–Crippen LogP) is 3.38. The van der Waals surface area contributed by atoms with Gasteiger partial charge < -0.3 is 9.09 Å². The molecule has 0 unspecified atom stereocenters. The topological polar surface area (TPSA) is 67.6 Å². The molecule has 3 aromatic rings. The van der Waals surface area contributed by atoms with E-state index >= 15 is 0 Å². The molecule has 2 heterocycles. The number of benzene rings is 1. The van der Waals surface area contributed by atoms with Crippen molar-refractivity contribution in [2.75, 3.05) is 0 Å². The molecule has 0 atom stereocenters. The van der Waals surface area contributed by atoms with E-state index in [0.29, 0.717) is 17.3 Å². The molecule has 98 valence electrons. The van der Waals surface area contributed by atoms with Gasteiger partial charge in [-0.3, -0.25) is 0 Å². The fraction of sp³-hybridized carbons (Fsp3) is 0.0714. The van der Waals surface area contributed by atoms with Crippen LogP contribution in [0.15, 0.2) is 45.5 Å². The number of halogens is 1. The van der Waals surface area contributed by atoms with Gasteiger partial charge in [-0.1, -0.05) is 21.1 Å². The molecule has 3 rings (SSSR count). The van der Waals surface area contributed by atoms with Gasteiger partial charge in [0.25, 0.3) is 5.89 Å². The Bertz CT molecular complexity index is 795. The van der Waals surface area contributed by atoms with E-state index in [9.17, 15) is 0 Å². The molecule has 5 nitrogen and oxygen atoms in total. The molecule has 0 fully saturated rings. The Morgan fingerprint density at radius 1 is 1.30 bits per heavy atom. The molecule has 0 amide bonds. The zero-order valence-corrected chi connectivity index (χ0v) is 12.1. The summed E-state index contributed by atoms with van der Waals surface area (Å²) in [7, 11) is 1.83. The van der Waals surface area contributed by atoms with Crippen LogP contribution < -0.4 is 0 Å². The fourth-order valence-electron chi connectivity index (χ4n) is 1.88. The minimum atomic E-state index is 0.395. The SMILES string of the molecule is Cn1cc(C#N)cc1-c1nc(-c2ccc(Br)cc2)no1. The van der Waals surface area contributed by atoms with Gasteiger partial charge in [-0.2, -0.15) is 10.2 Å². The van der Waals surface area contributed by atoms with Gasteiger partial charge in [0.05, 0.1) is 5.56 Å². The Morgan fingerprint density at radius 2 is 2.05 bits per heavy atom. The first-order valence-corrected chi connectivity index (χ1v) is 6.63. The lowest BCUT2D eigenvalue weighted by atomic mass is 10.2. The summed E-state index contributed by atoms with van der Waals surface area (Å²) in [5, 5.41) is 12.9. The maximum atomic E-state index is 8.90. The fourth-order valence-corrected chi connectivity index (χ4v) is 2.15. The van der Waals surface area contributed by atoms with Crippen LogP contribution in [0.4, 0.5) is 0 Å². The largest absolute Gasteiger partial charge is 0.345 e. The van der Waals surface area contributed by atoms with E-state index in [-0.39, 0.29) is 0 Å². The van der Waals surface area contributed by atoms with Gasteiger partial charge in [-0.05, 0) is 30.3 Å². The smallest absolute Gasteiger partial charge is 0.274 e. The summed E-state index contributed by atoms with van der Waals surface area (Å²) >= 11 is 3.38. The van der Waals surface area contributed by atoms with Crippen molar-refractivity contribution in [3.63, 3.8) is 0 Å². The molecule has 6 heteroatoms. The van der Waals surface area contributed by atoms with Gasteiger partial charge in [0.15, 0.2) is 0 Å². The number of hydrogen-bond acceptors (Lipinski definition) is 4. The normalized spacial score (nSPS) is 10.4. The van der Waals surface area contributed by atoms with Crippen LogP contribution in [0.2, 0.25) is 0 Å². The molecule has 0 saturated carbocycles. The number of rotatable bonds is 2. The Balaban J connectivity index is 1.99. The van der Waals surface area contributed by atoms with E-state index in [0.717, 1.165) is 15.7 Å². The standard InChI is InChI=1S/C14H9BrN4O/c1-19-8-9(7-16)6-12(19)14-17-13(18-20-14)10-2-4-11(15)5-3-10/h2-6,8H,1H3. The summed E-state index contributed by atoms with van der Waals surface area (Å²) in [4.78, 5) is 4.37. The number of nitriles is 1. The van der Waals surface area contributed by atoms with E-state index in [2.05, 4.69) is 32.1 Å². The lowest BCUT2D eigenvalue weighted by Crippen LogP contribution is -1.89. The van der Waals surface area contributed by atoms with Gasteiger partial charge in [0.1, 0.15) is 11.8 Å². The maximum absolute atomic E-state index is 8.90. The zero-order chi connectivity index (χ0) is 14.1. The van der Waals surface area contributed by atoms with Crippen molar-refractivity contribution in [2.45, 2.75) is 0 Å². The van der Waals surface area contributed by atoms with E-state index in [4.69, 9.17) is 9.78 Å². The molecule has 0 radical (unpaired) electrons. The Morgan fingerprint density at radius 3 is 2.70 bits per heavy atom. The molecule has 1 aromatic carbocycles. The highest BCUT2D eigenvalue weighted by atomic mass is 79.9. The first-order chi connectivity index (χ1) is 9.67. The van der Waals surface area contributed by atoms with Gasteiger partial charge in [-0.15, -0.1) is 0 Å². The molecule has 0 spiro atoms.